The summed E-state index contributed by atoms with van der Waals surface area (Å²) in [7, 11) is 0. The Hall–Kier alpha value is -1.51. The molecule has 0 unspecified atom stereocenters. The highest BCUT2D eigenvalue weighted by atomic mass is 16.2. The first-order valence-electron chi connectivity index (χ1n) is 5.46. The van der Waals surface area contributed by atoms with Gasteiger partial charge in [0.05, 0.1) is 17.9 Å². The molecule has 2 rings (SSSR count). The zero-order valence-electron chi connectivity index (χ0n) is 8.99. The molecule has 80 valence electrons. The summed E-state index contributed by atoms with van der Waals surface area (Å²) < 4.78 is 0. The standard InChI is InChI=1S/C12H16N2O/c1-2-3-8-14-11-7-5-4-6-10(11)13-9-12(14)15/h4-7,13H,2-3,8-9H2,1H3. The molecule has 3 nitrogen and oxygen atoms in total. The fourth-order valence-electron chi connectivity index (χ4n) is 1.82. The van der Waals surface area contributed by atoms with Gasteiger partial charge in [-0.3, -0.25) is 4.79 Å². The number of amides is 1. The van der Waals surface area contributed by atoms with Gasteiger partial charge < -0.3 is 10.2 Å². The second-order valence-corrected chi connectivity index (χ2v) is 3.77. The fourth-order valence-corrected chi connectivity index (χ4v) is 1.82. The summed E-state index contributed by atoms with van der Waals surface area (Å²) in [5.41, 5.74) is 2.08. The third-order valence-corrected chi connectivity index (χ3v) is 2.66. The Labute approximate surface area is 90.1 Å². The summed E-state index contributed by atoms with van der Waals surface area (Å²) in [5, 5.41) is 3.13. The molecule has 1 aromatic carbocycles. The van der Waals surface area contributed by atoms with Crippen LogP contribution in [0.3, 0.4) is 0 Å². The van der Waals surface area contributed by atoms with Crippen molar-refractivity contribution in [3.63, 3.8) is 0 Å². The van der Waals surface area contributed by atoms with Crippen LogP contribution in [0.25, 0.3) is 0 Å². The maximum Gasteiger partial charge on any atom is 0.246 e. The molecule has 1 aliphatic rings. The van der Waals surface area contributed by atoms with Crippen LogP contribution in [0, 0.1) is 0 Å². The summed E-state index contributed by atoms with van der Waals surface area (Å²) >= 11 is 0. The lowest BCUT2D eigenvalue weighted by molar-refractivity contribution is -0.117. The summed E-state index contributed by atoms with van der Waals surface area (Å²) in [5.74, 6) is 0.169. The molecular weight excluding hydrogens is 188 g/mol. The quantitative estimate of drug-likeness (QED) is 0.819. The van der Waals surface area contributed by atoms with E-state index in [0.717, 1.165) is 30.8 Å². The number of hydrogen-bond donors (Lipinski definition) is 1. The lowest BCUT2D eigenvalue weighted by atomic mass is 10.2. The molecule has 3 heteroatoms. The normalized spacial score (nSPS) is 14.7. The number of carbonyl (C=O) groups excluding carboxylic acids is 1. The van der Waals surface area contributed by atoms with Gasteiger partial charge in [-0.2, -0.15) is 0 Å². The van der Waals surface area contributed by atoms with Crippen LogP contribution in [-0.4, -0.2) is 19.0 Å². The van der Waals surface area contributed by atoms with Crippen LogP contribution in [0.5, 0.6) is 0 Å². The minimum atomic E-state index is 0.169. The number of para-hydroxylation sites is 2. The topological polar surface area (TPSA) is 32.3 Å². The van der Waals surface area contributed by atoms with Crippen molar-refractivity contribution >= 4 is 17.3 Å². The van der Waals surface area contributed by atoms with Gasteiger partial charge in [-0.1, -0.05) is 25.5 Å². The average molecular weight is 204 g/mol. The maximum atomic E-state index is 11.7. The Kier molecular flexibility index (Phi) is 2.90. The Morgan fingerprint density at radius 3 is 3.00 bits per heavy atom. The van der Waals surface area contributed by atoms with Gasteiger partial charge in [0, 0.05) is 6.54 Å². The highest BCUT2D eigenvalue weighted by Gasteiger charge is 2.22. The number of nitrogens with zero attached hydrogens (tertiary/aromatic N) is 1. The van der Waals surface area contributed by atoms with Crippen molar-refractivity contribution < 1.29 is 4.79 Å². The lowest BCUT2D eigenvalue weighted by Gasteiger charge is -2.30. The van der Waals surface area contributed by atoms with E-state index in [1.807, 2.05) is 29.2 Å². The Balaban J connectivity index is 2.25. The van der Waals surface area contributed by atoms with E-state index >= 15 is 0 Å². The summed E-state index contributed by atoms with van der Waals surface area (Å²) in [6.07, 6.45) is 2.17. The Bertz CT molecular complexity index is 362. The predicted molar refractivity (Wildman–Crippen MR) is 62.2 cm³/mol. The Morgan fingerprint density at radius 2 is 2.20 bits per heavy atom. The van der Waals surface area contributed by atoms with Gasteiger partial charge in [0.15, 0.2) is 0 Å². The van der Waals surface area contributed by atoms with Gasteiger partial charge >= 0.3 is 0 Å². The molecule has 0 saturated heterocycles. The third-order valence-electron chi connectivity index (χ3n) is 2.66. The van der Waals surface area contributed by atoms with Crippen molar-refractivity contribution in [3.05, 3.63) is 24.3 Å². The molecule has 0 radical (unpaired) electrons. The maximum absolute atomic E-state index is 11.7. The second-order valence-electron chi connectivity index (χ2n) is 3.77. The van der Waals surface area contributed by atoms with Gasteiger partial charge in [-0.25, -0.2) is 0 Å². The van der Waals surface area contributed by atoms with E-state index in [0.29, 0.717) is 6.54 Å². The number of hydrogen-bond acceptors (Lipinski definition) is 2. The molecule has 1 heterocycles. The summed E-state index contributed by atoms with van der Waals surface area (Å²) in [6.45, 7) is 3.38. The first-order chi connectivity index (χ1) is 7.33. The highest BCUT2D eigenvalue weighted by Crippen LogP contribution is 2.28. The van der Waals surface area contributed by atoms with Crippen LogP contribution in [-0.2, 0) is 4.79 Å². The number of carbonyl (C=O) groups is 1. The largest absolute Gasteiger partial charge is 0.374 e. The zero-order chi connectivity index (χ0) is 10.7. The van der Waals surface area contributed by atoms with Crippen LogP contribution >= 0.6 is 0 Å². The molecule has 1 aliphatic heterocycles. The van der Waals surface area contributed by atoms with Crippen LogP contribution < -0.4 is 10.2 Å². The van der Waals surface area contributed by atoms with Crippen molar-refractivity contribution in [3.8, 4) is 0 Å². The number of benzene rings is 1. The molecule has 15 heavy (non-hydrogen) atoms. The van der Waals surface area contributed by atoms with Gasteiger partial charge in [-0.05, 0) is 18.6 Å². The van der Waals surface area contributed by atoms with E-state index in [1.54, 1.807) is 0 Å². The monoisotopic (exact) mass is 204 g/mol. The molecule has 0 bridgehead atoms. The van der Waals surface area contributed by atoms with E-state index in [-0.39, 0.29) is 5.91 Å². The van der Waals surface area contributed by atoms with Crippen molar-refractivity contribution in [2.75, 3.05) is 23.3 Å². The molecule has 1 aromatic rings. The predicted octanol–water partition coefficient (Wildman–Crippen LogP) is 2.25. The highest BCUT2D eigenvalue weighted by molar-refractivity contribution is 6.02. The van der Waals surface area contributed by atoms with E-state index in [4.69, 9.17) is 0 Å². The Morgan fingerprint density at radius 1 is 1.40 bits per heavy atom. The minimum Gasteiger partial charge on any atom is -0.374 e. The van der Waals surface area contributed by atoms with Crippen LogP contribution in [0.4, 0.5) is 11.4 Å². The van der Waals surface area contributed by atoms with Crippen LogP contribution in [0.1, 0.15) is 19.8 Å². The van der Waals surface area contributed by atoms with Crippen molar-refractivity contribution in [2.45, 2.75) is 19.8 Å². The molecule has 1 amide bonds. The average Bonchev–Trinajstić information content (AvgIpc) is 2.28. The van der Waals surface area contributed by atoms with Crippen molar-refractivity contribution in [2.24, 2.45) is 0 Å². The first-order valence-corrected chi connectivity index (χ1v) is 5.46. The van der Waals surface area contributed by atoms with Crippen LogP contribution in [0.2, 0.25) is 0 Å². The molecule has 1 N–H and O–H groups in total. The summed E-state index contributed by atoms with van der Waals surface area (Å²) in [4.78, 5) is 13.6. The number of fused-ring (bicyclic) bond motifs is 1. The lowest BCUT2D eigenvalue weighted by Crippen LogP contribution is -2.40. The molecule has 0 aliphatic carbocycles. The van der Waals surface area contributed by atoms with E-state index in [9.17, 15) is 4.79 Å². The van der Waals surface area contributed by atoms with Gasteiger partial charge in [0.25, 0.3) is 0 Å². The van der Waals surface area contributed by atoms with E-state index in [2.05, 4.69) is 12.2 Å². The number of nitrogens with one attached hydrogen (secondary N) is 1. The summed E-state index contributed by atoms with van der Waals surface area (Å²) in [6, 6.07) is 7.97. The molecule has 0 atom stereocenters. The molecule has 0 spiro atoms. The molecule has 0 aromatic heterocycles. The fraction of sp³-hybridized carbons (Fsp3) is 0.417. The molecule has 0 saturated carbocycles. The molecular formula is C12H16N2O. The van der Waals surface area contributed by atoms with E-state index in [1.165, 1.54) is 0 Å². The first kappa shape index (κ1) is 10.0. The third kappa shape index (κ3) is 1.96. The number of unbranched alkanes of at least 4 members (excludes halogenated alkanes) is 1. The van der Waals surface area contributed by atoms with E-state index < -0.39 is 0 Å². The van der Waals surface area contributed by atoms with Crippen molar-refractivity contribution in [1.82, 2.24) is 0 Å². The second kappa shape index (κ2) is 4.34. The molecule has 0 fully saturated rings. The minimum absolute atomic E-state index is 0.169. The SMILES string of the molecule is CCCCN1C(=O)CNc2ccccc21. The van der Waals surface area contributed by atoms with Gasteiger partial charge in [0.1, 0.15) is 0 Å². The zero-order valence-corrected chi connectivity index (χ0v) is 8.99. The number of anilines is 2. The smallest absolute Gasteiger partial charge is 0.246 e. The van der Waals surface area contributed by atoms with Crippen LogP contribution in [0.15, 0.2) is 24.3 Å². The van der Waals surface area contributed by atoms with Gasteiger partial charge in [-0.15, -0.1) is 0 Å². The van der Waals surface area contributed by atoms with Gasteiger partial charge in [0.2, 0.25) is 5.91 Å². The number of rotatable bonds is 3. The van der Waals surface area contributed by atoms with Crippen molar-refractivity contribution in [1.29, 1.82) is 0 Å².